The fraction of sp³-hybridized carbons (Fsp3) is 0.353. The number of aromatic nitrogens is 1. The normalized spacial score (nSPS) is 11.5. The highest BCUT2D eigenvalue weighted by molar-refractivity contribution is 7.09. The van der Waals surface area contributed by atoms with Crippen LogP contribution in [0.4, 0.5) is 0 Å². The SMILES string of the molecule is COc1cccc(C(=O)N=c2sc(C)c(C)n2CC(=O)N(C)C)c1. The third-order valence-electron chi connectivity index (χ3n) is 3.70. The van der Waals surface area contributed by atoms with Crippen molar-refractivity contribution in [3.63, 3.8) is 0 Å². The Hall–Kier alpha value is -2.41. The van der Waals surface area contributed by atoms with Gasteiger partial charge in [0.1, 0.15) is 12.3 Å². The fourth-order valence-electron chi connectivity index (χ4n) is 2.05. The number of carbonyl (C=O) groups is 2. The van der Waals surface area contributed by atoms with E-state index in [-0.39, 0.29) is 18.4 Å². The summed E-state index contributed by atoms with van der Waals surface area (Å²) in [5, 5.41) is 0. The van der Waals surface area contributed by atoms with E-state index >= 15 is 0 Å². The zero-order valence-corrected chi connectivity index (χ0v) is 15.3. The molecule has 0 saturated heterocycles. The van der Waals surface area contributed by atoms with Gasteiger partial charge in [-0.05, 0) is 32.0 Å². The molecular formula is C17H21N3O3S. The number of hydrogen-bond donors (Lipinski definition) is 0. The zero-order chi connectivity index (χ0) is 17.9. The van der Waals surface area contributed by atoms with E-state index in [4.69, 9.17) is 4.74 Å². The summed E-state index contributed by atoms with van der Waals surface area (Å²) >= 11 is 1.40. The Bertz CT molecular complexity index is 834. The largest absolute Gasteiger partial charge is 0.497 e. The first-order valence-electron chi connectivity index (χ1n) is 7.43. The first-order chi connectivity index (χ1) is 11.3. The van der Waals surface area contributed by atoms with Crippen LogP contribution in [0.25, 0.3) is 0 Å². The molecule has 1 heterocycles. The van der Waals surface area contributed by atoms with Gasteiger partial charge in [0.25, 0.3) is 5.91 Å². The second-order valence-electron chi connectivity index (χ2n) is 5.55. The number of benzene rings is 1. The number of amides is 2. The molecule has 0 aliphatic rings. The third kappa shape index (κ3) is 3.91. The molecule has 0 aliphatic carbocycles. The average Bonchev–Trinajstić information content (AvgIpc) is 2.82. The highest BCUT2D eigenvalue weighted by Gasteiger charge is 2.13. The summed E-state index contributed by atoms with van der Waals surface area (Å²) in [7, 11) is 4.96. The molecule has 0 N–H and O–H groups in total. The molecule has 0 bridgehead atoms. The van der Waals surface area contributed by atoms with Crippen LogP contribution in [-0.4, -0.2) is 42.5 Å². The van der Waals surface area contributed by atoms with Gasteiger partial charge in [0, 0.05) is 30.2 Å². The molecule has 0 unspecified atom stereocenters. The van der Waals surface area contributed by atoms with Crippen molar-refractivity contribution in [1.29, 1.82) is 0 Å². The minimum atomic E-state index is -0.360. The van der Waals surface area contributed by atoms with Gasteiger partial charge in [0.15, 0.2) is 4.80 Å². The maximum Gasteiger partial charge on any atom is 0.279 e. The van der Waals surface area contributed by atoms with Gasteiger partial charge in [-0.1, -0.05) is 6.07 Å². The number of ether oxygens (including phenoxy) is 1. The van der Waals surface area contributed by atoms with E-state index in [9.17, 15) is 9.59 Å². The molecule has 2 aromatic rings. The Balaban J connectivity index is 2.43. The van der Waals surface area contributed by atoms with Crippen LogP contribution in [0.5, 0.6) is 5.75 Å². The van der Waals surface area contributed by atoms with E-state index in [1.807, 2.05) is 13.8 Å². The lowest BCUT2D eigenvalue weighted by atomic mass is 10.2. The lowest BCUT2D eigenvalue weighted by Crippen LogP contribution is -2.31. The van der Waals surface area contributed by atoms with Gasteiger partial charge in [0.05, 0.1) is 7.11 Å². The molecule has 7 heteroatoms. The summed E-state index contributed by atoms with van der Waals surface area (Å²) in [6.45, 7) is 4.03. The average molecular weight is 347 g/mol. The van der Waals surface area contributed by atoms with Crippen LogP contribution in [0.15, 0.2) is 29.3 Å². The molecule has 1 aromatic heterocycles. The molecule has 0 radical (unpaired) electrons. The predicted molar refractivity (Wildman–Crippen MR) is 93.4 cm³/mol. The zero-order valence-electron chi connectivity index (χ0n) is 14.5. The van der Waals surface area contributed by atoms with E-state index in [0.29, 0.717) is 16.1 Å². The number of likely N-dealkylation sites (N-methyl/N-ethyl adjacent to an activating group) is 1. The number of thiazole rings is 1. The quantitative estimate of drug-likeness (QED) is 0.850. The molecule has 24 heavy (non-hydrogen) atoms. The van der Waals surface area contributed by atoms with Gasteiger partial charge in [-0.15, -0.1) is 11.3 Å². The summed E-state index contributed by atoms with van der Waals surface area (Å²) in [6.07, 6.45) is 0. The maximum atomic E-state index is 12.5. The maximum absolute atomic E-state index is 12.5. The molecule has 0 aliphatic heterocycles. The molecule has 2 amide bonds. The Morgan fingerprint density at radius 1 is 1.29 bits per heavy atom. The summed E-state index contributed by atoms with van der Waals surface area (Å²) in [5.74, 6) is 0.192. The number of rotatable bonds is 4. The molecular weight excluding hydrogens is 326 g/mol. The molecule has 2 rings (SSSR count). The summed E-state index contributed by atoms with van der Waals surface area (Å²) < 4.78 is 6.91. The molecule has 0 spiro atoms. The second kappa shape index (κ2) is 7.44. The van der Waals surface area contributed by atoms with E-state index in [1.165, 1.54) is 16.2 Å². The van der Waals surface area contributed by atoms with Crippen molar-refractivity contribution in [2.24, 2.45) is 4.99 Å². The molecule has 1 aromatic carbocycles. The predicted octanol–water partition coefficient (Wildman–Crippen LogP) is 2.00. The van der Waals surface area contributed by atoms with Gasteiger partial charge in [0.2, 0.25) is 5.91 Å². The topological polar surface area (TPSA) is 63.9 Å². The van der Waals surface area contributed by atoms with Crippen molar-refractivity contribution >= 4 is 23.2 Å². The van der Waals surface area contributed by atoms with Crippen LogP contribution >= 0.6 is 11.3 Å². The third-order valence-corrected chi connectivity index (χ3v) is 4.79. The van der Waals surface area contributed by atoms with Crippen molar-refractivity contribution in [3.8, 4) is 5.75 Å². The summed E-state index contributed by atoms with van der Waals surface area (Å²) in [4.78, 5) is 31.8. The van der Waals surface area contributed by atoms with E-state index in [2.05, 4.69) is 4.99 Å². The molecule has 0 saturated carbocycles. The van der Waals surface area contributed by atoms with Crippen LogP contribution in [0, 0.1) is 13.8 Å². The second-order valence-corrected chi connectivity index (χ2v) is 6.73. The van der Waals surface area contributed by atoms with Gasteiger partial charge in [-0.25, -0.2) is 0 Å². The van der Waals surface area contributed by atoms with Crippen molar-refractivity contribution in [1.82, 2.24) is 9.47 Å². The van der Waals surface area contributed by atoms with Crippen LogP contribution in [0.3, 0.4) is 0 Å². The highest BCUT2D eigenvalue weighted by Crippen LogP contribution is 2.14. The van der Waals surface area contributed by atoms with Crippen molar-refractivity contribution < 1.29 is 14.3 Å². The van der Waals surface area contributed by atoms with Crippen LogP contribution in [0.2, 0.25) is 0 Å². The lowest BCUT2D eigenvalue weighted by molar-refractivity contribution is -0.129. The Morgan fingerprint density at radius 3 is 2.62 bits per heavy atom. The van der Waals surface area contributed by atoms with E-state index < -0.39 is 0 Å². The summed E-state index contributed by atoms with van der Waals surface area (Å²) in [6, 6.07) is 6.85. The lowest BCUT2D eigenvalue weighted by Gasteiger charge is -2.12. The van der Waals surface area contributed by atoms with Crippen molar-refractivity contribution in [3.05, 3.63) is 45.2 Å². The first-order valence-corrected chi connectivity index (χ1v) is 8.25. The number of hydrogen-bond acceptors (Lipinski definition) is 4. The molecule has 0 atom stereocenters. The van der Waals surface area contributed by atoms with Gasteiger partial charge in [-0.2, -0.15) is 4.99 Å². The molecule has 128 valence electrons. The van der Waals surface area contributed by atoms with Crippen LogP contribution in [-0.2, 0) is 11.3 Å². The van der Waals surface area contributed by atoms with Gasteiger partial charge >= 0.3 is 0 Å². The monoisotopic (exact) mass is 347 g/mol. The first kappa shape index (κ1) is 17.9. The van der Waals surface area contributed by atoms with Crippen LogP contribution < -0.4 is 9.54 Å². The van der Waals surface area contributed by atoms with Gasteiger partial charge < -0.3 is 14.2 Å². The number of aryl methyl sites for hydroxylation is 1. The Kier molecular flexibility index (Phi) is 5.56. The number of carbonyl (C=O) groups excluding carboxylic acids is 2. The molecule has 6 nitrogen and oxygen atoms in total. The van der Waals surface area contributed by atoms with Crippen LogP contribution in [0.1, 0.15) is 20.9 Å². The minimum Gasteiger partial charge on any atom is -0.497 e. The Labute approximate surface area is 145 Å². The number of nitrogens with zero attached hydrogens (tertiary/aromatic N) is 3. The standard InChI is InChI=1S/C17H21N3O3S/c1-11-12(2)24-17(20(11)10-15(21)19(3)4)18-16(22)13-7-6-8-14(9-13)23-5/h6-9H,10H2,1-5H3. The number of methoxy groups -OCH3 is 1. The van der Waals surface area contributed by atoms with E-state index in [1.54, 1.807) is 50.0 Å². The van der Waals surface area contributed by atoms with Crippen molar-refractivity contribution in [2.45, 2.75) is 20.4 Å². The van der Waals surface area contributed by atoms with Gasteiger partial charge in [-0.3, -0.25) is 9.59 Å². The van der Waals surface area contributed by atoms with E-state index in [0.717, 1.165) is 10.6 Å². The molecule has 0 fully saturated rings. The Morgan fingerprint density at radius 2 is 2.00 bits per heavy atom. The summed E-state index contributed by atoms with van der Waals surface area (Å²) in [5.41, 5.74) is 1.39. The fourth-order valence-corrected chi connectivity index (χ4v) is 3.02. The highest BCUT2D eigenvalue weighted by atomic mass is 32.1. The van der Waals surface area contributed by atoms with Crippen molar-refractivity contribution in [2.75, 3.05) is 21.2 Å². The minimum absolute atomic E-state index is 0.0498. The smallest absolute Gasteiger partial charge is 0.279 e.